The Hall–Kier alpha value is -2.95. The van der Waals surface area contributed by atoms with Gasteiger partial charge in [0.05, 0.1) is 6.20 Å². The minimum atomic E-state index is -1.04. The molecule has 0 unspecified atom stereocenters. The molecule has 2 aromatic carbocycles. The molecule has 5 heteroatoms. The van der Waals surface area contributed by atoms with Crippen LogP contribution in [0.5, 0.6) is 11.6 Å². The number of hydrogen-bond acceptors (Lipinski definition) is 4. The first-order chi connectivity index (χ1) is 10.2. The molecule has 1 aromatic heterocycles. The van der Waals surface area contributed by atoms with Crippen molar-refractivity contribution in [3.8, 4) is 11.6 Å². The van der Waals surface area contributed by atoms with E-state index in [1.54, 1.807) is 25.3 Å². The number of nitrogens with zero attached hydrogens (tertiary/aromatic N) is 2. The van der Waals surface area contributed by atoms with Crippen LogP contribution >= 0.6 is 0 Å². The van der Waals surface area contributed by atoms with E-state index >= 15 is 0 Å². The Morgan fingerprint density at radius 3 is 2.76 bits per heavy atom. The molecule has 104 valence electrons. The molecule has 0 amide bonds. The van der Waals surface area contributed by atoms with Gasteiger partial charge in [0.15, 0.2) is 0 Å². The van der Waals surface area contributed by atoms with Gasteiger partial charge in [0.2, 0.25) is 5.88 Å². The van der Waals surface area contributed by atoms with E-state index in [4.69, 9.17) is 4.74 Å². The predicted molar refractivity (Wildman–Crippen MR) is 77.8 cm³/mol. The van der Waals surface area contributed by atoms with Crippen LogP contribution in [0.2, 0.25) is 0 Å². The summed E-state index contributed by atoms with van der Waals surface area (Å²) in [6.45, 7) is 1.79. The van der Waals surface area contributed by atoms with E-state index in [1.165, 1.54) is 6.07 Å². The molecule has 5 nitrogen and oxygen atoms in total. The minimum Gasteiger partial charge on any atom is -0.478 e. The van der Waals surface area contributed by atoms with Gasteiger partial charge in [0.25, 0.3) is 0 Å². The van der Waals surface area contributed by atoms with Crippen LogP contribution in [0.1, 0.15) is 15.9 Å². The number of aromatic carboxylic acids is 1. The van der Waals surface area contributed by atoms with Crippen LogP contribution in [0.4, 0.5) is 0 Å². The molecule has 1 heterocycles. The number of carboxylic acid groups (broad SMARTS) is 1. The highest BCUT2D eigenvalue weighted by Gasteiger charge is 2.16. The van der Waals surface area contributed by atoms with Crippen molar-refractivity contribution in [1.29, 1.82) is 0 Å². The highest BCUT2D eigenvalue weighted by Crippen LogP contribution is 2.31. The number of hydrogen-bond donors (Lipinski definition) is 1. The maximum atomic E-state index is 11.3. The lowest BCUT2D eigenvalue weighted by Gasteiger charge is -2.11. The predicted octanol–water partition coefficient (Wildman–Crippen LogP) is 3.43. The standard InChI is InChI=1S/C16H12N2O3/c1-10-5-4-8-13(16(19)20)14(10)21-15-12-7-3-2-6-11(12)9-17-18-15/h2-9H,1H3,(H,19,20). The van der Waals surface area contributed by atoms with E-state index in [-0.39, 0.29) is 11.3 Å². The number of benzene rings is 2. The van der Waals surface area contributed by atoms with Crippen LogP contribution in [-0.4, -0.2) is 21.3 Å². The van der Waals surface area contributed by atoms with Crippen molar-refractivity contribution in [3.05, 3.63) is 59.8 Å². The van der Waals surface area contributed by atoms with Crippen LogP contribution in [0.15, 0.2) is 48.7 Å². The van der Waals surface area contributed by atoms with Gasteiger partial charge in [-0.15, -0.1) is 5.10 Å². The lowest BCUT2D eigenvalue weighted by molar-refractivity contribution is 0.0694. The van der Waals surface area contributed by atoms with Crippen LogP contribution < -0.4 is 4.74 Å². The molecule has 21 heavy (non-hydrogen) atoms. The molecule has 0 fully saturated rings. The van der Waals surface area contributed by atoms with Crippen LogP contribution in [0.3, 0.4) is 0 Å². The van der Waals surface area contributed by atoms with Crippen molar-refractivity contribution in [1.82, 2.24) is 10.2 Å². The molecular formula is C16H12N2O3. The molecule has 3 rings (SSSR count). The number of carbonyl (C=O) groups is 1. The molecule has 3 aromatic rings. The summed E-state index contributed by atoms with van der Waals surface area (Å²) in [6, 6.07) is 12.5. The Kier molecular flexibility index (Phi) is 3.23. The Balaban J connectivity index is 2.13. The van der Waals surface area contributed by atoms with Crippen molar-refractivity contribution in [2.24, 2.45) is 0 Å². The van der Waals surface area contributed by atoms with E-state index in [1.807, 2.05) is 24.3 Å². The monoisotopic (exact) mass is 280 g/mol. The summed E-state index contributed by atoms with van der Waals surface area (Å²) in [5.41, 5.74) is 0.828. The Morgan fingerprint density at radius 2 is 1.95 bits per heavy atom. The van der Waals surface area contributed by atoms with Gasteiger partial charge in [-0.2, -0.15) is 5.10 Å². The molecule has 0 aliphatic carbocycles. The summed E-state index contributed by atoms with van der Waals surface area (Å²) in [5, 5.41) is 18.8. The van der Waals surface area contributed by atoms with Crippen molar-refractivity contribution >= 4 is 16.7 Å². The Bertz CT molecular complexity index is 825. The SMILES string of the molecule is Cc1cccc(C(=O)O)c1Oc1nncc2ccccc12. The smallest absolute Gasteiger partial charge is 0.339 e. The number of rotatable bonds is 3. The summed E-state index contributed by atoms with van der Waals surface area (Å²) in [6.07, 6.45) is 1.64. The zero-order valence-electron chi connectivity index (χ0n) is 11.3. The number of ether oxygens (including phenoxy) is 1. The summed E-state index contributed by atoms with van der Waals surface area (Å²) in [7, 11) is 0. The molecule has 1 N–H and O–H groups in total. The van der Waals surface area contributed by atoms with E-state index in [0.29, 0.717) is 5.88 Å². The largest absolute Gasteiger partial charge is 0.478 e. The summed E-state index contributed by atoms with van der Waals surface area (Å²) >= 11 is 0. The first-order valence-corrected chi connectivity index (χ1v) is 6.38. The van der Waals surface area contributed by atoms with Crippen LogP contribution in [-0.2, 0) is 0 Å². The van der Waals surface area contributed by atoms with Gasteiger partial charge in [0.1, 0.15) is 11.3 Å². The number of aromatic nitrogens is 2. The van der Waals surface area contributed by atoms with Crippen molar-refractivity contribution in [2.75, 3.05) is 0 Å². The van der Waals surface area contributed by atoms with Crippen LogP contribution in [0, 0.1) is 6.92 Å². The van der Waals surface area contributed by atoms with Gasteiger partial charge in [-0.25, -0.2) is 4.79 Å². The minimum absolute atomic E-state index is 0.102. The van der Waals surface area contributed by atoms with Crippen molar-refractivity contribution in [2.45, 2.75) is 6.92 Å². The summed E-state index contributed by atoms with van der Waals surface area (Å²) in [5.74, 6) is -0.456. The average Bonchev–Trinajstić information content (AvgIpc) is 2.49. The topological polar surface area (TPSA) is 72.3 Å². The van der Waals surface area contributed by atoms with Gasteiger partial charge in [-0.3, -0.25) is 0 Å². The Labute approximate surface area is 120 Å². The second-order valence-electron chi connectivity index (χ2n) is 4.60. The third-order valence-electron chi connectivity index (χ3n) is 3.18. The molecular weight excluding hydrogens is 268 g/mol. The Morgan fingerprint density at radius 1 is 1.14 bits per heavy atom. The fraction of sp³-hybridized carbons (Fsp3) is 0.0625. The first kappa shape index (κ1) is 13.1. The van der Waals surface area contributed by atoms with Gasteiger partial charge < -0.3 is 9.84 Å². The second-order valence-corrected chi connectivity index (χ2v) is 4.60. The highest BCUT2D eigenvalue weighted by molar-refractivity contribution is 5.92. The molecule has 0 aliphatic heterocycles. The summed E-state index contributed by atoms with van der Waals surface area (Å²) in [4.78, 5) is 11.3. The van der Waals surface area contributed by atoms with Gasteiger partial charge in [-0.1, -0.05) is 30.3 Å². The molecule has 0 bridgehead atoms. The number of carboxylic acids is 1. The molecule has 0 radical (unpaired) electrons. The maximum absolute atomic E-state index is 11.3. The first-order valence-electron chi connectivity index (χ1n) is 6.38. The molecule has 0 saturated heterocycles. The molecule has 0 atom stereocenters. The van der Waals surface area contributed by atoms with E-state index in [0.717, 1.165) is 16.3 Å². The number of aryl methyl sites for hydroxylation is 1. The third kappa shape index (κ3) is 2.41. The fourth-order valence-electron chi connectivity index (χ4n) is 2.13. The van der Waals surface area contributed by atoms with E-state index in [2.05, 4.69) is 10.2 Å². The number of fused-ring (bicyclic) bond motifs is 1. The van der Waals surface area contributed by atoms with Crippen molar-refractivity contribution < 1.29 is 14.6 Å². The van der Waals surface area contributed by atoms with Gasteiger partial charge in [-0.05, 0) is 24.6 Å². The van der Waals surface area contributed by atoms with Gasteiger partial charge >= 0.3 is 5.97 Å². The zero-order chi connectivity index (χ0) is 14.8. The summed E-state index contributed by atoms with van der Waals surface area (Å²) < 4.78 is 5.76. The molecule has 0 spiro atoms. The van der Waals surface area contributed by atoms with Crippen molar-refractivity contribution in [3.63, 3.8) is 0 Å². The lowest BCUT2D eigenvalue weighted by atomic mass is 10.1. The lowest BCUT2D eigenvalue weighted by Crippen LogP contribution is -2.02. The second kappa shape index (κ2) is 5.20. The average molecular weight is 280 g/mol. The van der Waals surface area contributed by atoms with E-state index in [9.17, 15) is 9.90 Å². The van der Waals surface area contributed by atoms with E-state index < -0.39 is 5.97 Å². The third-order valence-corrected chi connectivity index (χ3v) is 3.18. The van der Waals surface area contributed by atoms with Gasteiger partial charge in [0, 0.05) is 10.8 Å². The maximum Gasteiger partial charge on any atom is 0.339 e. The quantitative estimate of drug-likeness (QED) is 0.795. The highest BCUT2D eigenvalue weighted by atomic mass is 16.5. The number of para-hydroxylation sites is 1. The fourth-order valence-corrected chi connectivity index (χ4v) is 2.13. The molecule has 0 saturated carbocycles. The van der Waals surface area contributed by atoms with Crippen LogP contribution in [0.25, 0.3) is 10.8 Å². The zero-order valence-corrected chi connectivity index (χ0v) is 11.3. The molecule has 0 aliphatic rings. The normalized spacial score (nSPS) is 10.5.